The van der Waals surface area contributed by atoms with Crippen molar-refractivity contribution in [2.45, 2.75) is 0 Å². The third-order valence-corrected chi connectivity index (χ3v) is 2.63. The zero-order valence-corrected chi connectivity index (χ0v) is 9.67. The lowest BCUT2D eigenvalue weighted by atomic mass is 10.2. The Morgan fingerprint density at radius 3 is 2.47 bits per heavy atom. The van der Waals surface area contributed by atoms with E-state index in [0.717, 1.165) is 32.0 Å². The van der Waals surface area contributed by atoms with E-state index < -0.39 is 0 Å². The van der Waals surface area contributed by atoms with Crippen LogP contribution < -0.4 is 10.6 Å². The molecule has 17 heavy (non-hydrogen) atoms. The lowest BCUT2D eigenvalue weighted by Gasteiger charge is -2.28. The Morgan fingerprint density at radius 1 is 1.24 bits per heavy atom. The van der Waals surface area contributed by atoms with Crippen molar-refractivity contribution in [3.63, 3.8) is 0 Å². The minimum Gasteiger partial charge on any atom is -0.378 e. The summed E-state index contributed by atoms with van der Waals surface area (Å²) in [6, 6.07) is 7.90. The first-order valence-corrected chi connectivity index (χ1v) is 5.53. The van der Waals surface area contributed by atoms with Gasteiger partial charge in [0.2, 0.25) is 5.96 Å². The third kappa shape index (κ3) is 3.04. The van der Waals surface area contributed by atoms with E-state index in [1.807, 2.05) is 24.3 Å². The van der Waals surface area contributed by atoms with Gasteiger partial charge < -0.3 is 15.4 Å². The summed E-state index contributed by atoms with van der Waals surface area (Å²) >= 11 is 0. The summed E-state index contributed by atoms with van der Waals surface area (Å²) in [5.74, 6) is 0.184. The first kappa shape index (κ1) is 11.6. The second-order valence-corrected chi connectivity index (χ2v) is 3.74. The largest absolute Gasteiger partial charge is 0.378 e. The predicted molar refractivity (Wildman–Crippen MR) is 70.3 cm³/mol. The van der Waals surface area contributed by atoms with Gasteiger partial charge in [-0.1, -0.05) is 0 Å². The van der Waals surface area contributed by atoms with E-state index in [2.05, 4.69) is 21.6 Å². The summed E-state index contributed by atoms with van der Waals surface area (Å²) in [6.07, 6.45) is 0. The molecule has 0 aliphatic carbocycles. The van der Waals surface area contributed by atoms with Crippen molar-refractivity contribution in [1.82, 2.24) is 0 Å². The van der Waals surface area contributed by atoms with E-state index in [1.54, 1.807) is 0 Å². The highest BCUT2D eigenvalue weighted by molar-refractivity contribution is 5.84. The van der Waals surface area contributed by atoms with Gasteiger partial charge in [0.15, 0.2) is 0 Å². The molecule has 5 nitrogen and oxygen atoms in total. The Labute approximate surface area is 101 Å². The van der Waals surface area contributed by atoms with E-state index in [4.69, 9.17) is 10.5 Å². The fourth-order valence-electron chi connectivity index (χ4n) is 1.73. The van der Waals surface area contributed by atoms with Gasteiger partial charge in [-0.25, -0.2) is 9.98 Å². The van der Waals surface area contributed by atoms with Crippen molar-refractivity contribution < 1.29 is 4.74 Å². The number of anilines is 1. The normalized spacial score (nSPS) is 16.9. The average Bonchev–Trinajstić information content (AvgIpc) is 2.40. The topological polar surface area (TPSA) is 63.2 Å². The van der Waals surface area contributed by atoms with E-state index in [9.17, 15) is 0 Å². The molecular weight excluding hydrogens is 216 g/mol. The molecule has 0 atom stereocenters. The molecule has 0 saturated carbocycles. The number of benzene rings is 1. The van der Waals surface area contributed by atoms with Crippen molar-refractivity contribution in [3.8, 4) is 0 Å². The van der Waals surface area contributed by atoms with Gasteiger partial charge in [-0.3, -0.25) is 0 Å². The van der Waals surface area contributed by atoms with Gasteiger partial charge in [0, 0.05) is 18.8 Å². The Balaban J connectivity index is 2.09. The number of aliphatic imine (C=N–C) groups is 2. The van der Waals surface area contributed by atoms with E-state index in [-0.39, 0.29) is 5.96 Å². The molecule has 2 N–H and O–H groups in total. The maximum atomic E-state index is 5.48. The van der Waals surface area contributed by atoms with Crippen LogP contribution in [0.5, 0.6) is 0 Å². The minimum absolute atomic E-state index is 0.184. The van der Waals surface area contributed by atoms with Crippen LogP contribution in [0.2, 0.25) is 0 Å². The average molecular weight is 232 g/mol. The molecule has 90 valence electrons. The Morgan fingerprint density at radius 2 is 1.88 bits per heavy atom. The fraction of sp³-hybridized carbons (Fsp3) is 0.333. The van der Waals surface area contributed by atoms with Crippen LogP contribution in [-0.2, 0) is 4.74 Å². The molecular formula is C12H16N4O. The number of hydrogen-bond donors (Lipinski definition) is 1. The number of nitrogens with zero attached hydrogens (tertiary/aromatic N) is 3. The molecule has 1 saturated heterocycles. The van der Waals surface area contributed by atoms with Crippen LogP contribution in [0.25, 0.3) is 0 Å². The van der Waals surface area contributed by atoms with Gasteiger partial charge in [0.05, 0.1) is 18.9 Å². The number of ether oxygens (including phenoxy) is 1. The van der Waals surface area contributed by atoms with Crippen LogP contribution in [0, 0.1) is 0 Å². The molecule has 0 unspecified atom stereocenters. The number of hydrogen-bond acceptors (Lipinski definition) is 3. The summed E-state index contributed by atoms with van der Waals surface area (Å²) in [6.45, 7) is 6.75. The van der Waals surface area contributed by atoms with Crippen LogP contribution in [0.1, 0.15) is 0 Å². The molecule has 2 rings (SSSR count). The molecule has 5 heteroatoms. The first-order valence-electron chi connectivity index (χ1n) is 5.53. The molecule has 0 amide bonds. The standard InChI is InChI=1S/C12H16N4O/c1-14-12(13)15-10-2-4-11(5-3-10)16-6-8-17-9-7-16/h2-5H,1,6-9H2,(H2,13,15). The maximum absolute atomic E-state index is 5.48. The molecule has 0 bridgehead atoms. The smallest absolute Gasteiger partial charge is 0.219 e. The highest BCUT2D eigenvalue weighted by Crippen LogP contribution is 2.20. The lowest BCUT2D eigenvalue weighted by Crippen LogP contribution is -2.36. The summed E-state index contributed by atoms with van der Waals surface area (Å²) in [4.78, 5) is 9.92. The monoisotopic (exact) mass is 232 g/mol. The van der Waals surface area contributed by atoms with Crippen LogP contribution in [0.4, 0.5) is 11.4 Å². The molecule has 1 aliphatic rings. The SMILES string of the molecule is C=NC(N)=Nc1ccc(N2CCOCC2)cc1. The predicted octanol–water partition coefficient (Wildman–Crippen LogP) is 1.17. The third-order valence-electron chi connectivity index (χ3n) is 2.63. The van der Waals surface area contributed by atoms with E-state index >= 15 is 0 Å². The van der Waals surface area contributed by atoms with Crippen molar-refractivity contribution in [2.24, 2.45) is 15.7 Å². The first-order chi connectivity index (χ1) is 8.29. The molecule has 1 aromatic rings. The molecule has 0 radical (unpaired) electrons. The maximum Gasteiger partial charge on any atom is 0.219 e. The van der Waals surface area contributed by atoms with Gasteiger partial charge in [-0.05, 0) is 31.0 Å². The van der Waals surface area contributed by atoms with Gasteiger partial charge in [0.25, 0.3) is 0 Å². The Hall–Kier alpha value is -1.88. The van der Waals surface area contributed by atoms with Crippen LogP contribution in [-0.4, -0.2) is 39.0 Å². The highest BCUT2D eigenvalue weighted by Gasteiger charge is 2.10. The summed E-state index contributed by atoms with van der Waals surface area (Å²) in [5.41, 5.74) is 7.44. The van der Waals surface area contributed by atoms with Gasteiger partial charge >= 0.3 is 0 Å². The number of morpholine rings is 1. The quantitative estimate of drug-likeness (QED) is 0.615. The van der Waals surface area contributed by atoms with Crippen molar-refractivity contribution in [3.05, 3.63) is 24.3 Å². The van der Waals surface area contributed by atoms with Crippen LogP contribution in [0.3, 0.4) is 0 Å². The summed E-state index contributed by atoms with van der Waals surface area (Å²) < 4.78 is 5.31. The zero-order valence-electron chi connectivity index (χ0n) is 9.67. The van der Waals surface area contributed by atoms with Crippen molar-refractivity contribution >= 4 is 24.1 Å². The van der Waals surface area contributed by atoms with Crippen LogP contribution in [0.15, 0.2) is 34.3 Å². The van der Waals surface area contributed by atoms with Crippen molar-refractivity contribution in [2.75, 3.05) is 31.2 Å². The second kappa shape index (κ2) is 5.45. The number of rotatable bonds is 2. The summed E-state index contributed by atoms with van der Waals surface area (Å²) in [5, 5.41) is 0. The lowest BCUT2D eigenvalue weighted by molar-refractivity contribution is 0.122. The molecule has 1 heterocycles. The number of nitrogens with two attached hydrogens (primary N) is 1. The van der Waals surface area contributed by atoms with E-state index in [1.165, 1.54) is 5.69 Å². The minimum atomic E-state index is 0.184. The summed E-state index contributed by atoms with van der Waals surface area (Å²) in [7, 11) is 0. The van der Waals surface area contributed by atoms with Gasteiger partial charge in [0.1, 0.15) is 0 Å². The number of guanidine groups is 1. The molecule has 1 fully saturated rings. The Bertz CT molecular complexity index is 407. The van der Waals surface area contributed by atoms with Crippen LogP contribution >= 0.6 is 0 Å². The molecule has 1 aliphatic heterocycles. The second-order valence-electron chi connectivity index (χ2n) is 3.74. The molecule has 0 spiro atoms. The highest BCUT2D eigenvalue weighted by atomic mass is 16.5. The van der Waals surface area contributed by atoms with Gasteiger partial charge in [-0.15, -0.1) is 0 Å². The van der Waals surface area contributed by atoms with Crippen molar-refractivity contribution in [1.29, 1.82) is 0 Å². The fourth-order valence-corrected chi connectivity index (χ4v) is 1.73. The van der Waals surface area contributed by atoms with Gasteiger partial charge in [-0.2, -0.15) is 0 Å². The van der Waals surface area contributed by atoms with E-state index in [0.29, 0.717) is 0 Å². The molecule has 1 aromatic carbocycles. The molecule has 0 aromatic heterocycles. The zero-order chi connectivity index (χ0) is 12.1. The Kier molecular flexibility index (Phi) is 3.72.